The van der Waals surface area contributed by atoms with Crippen LogP contribution < -0.4 is 5.32 Å². The Morgan fingerprint density at radius 1 is 1.00 bits per heavy atom. The van der Waals surface area contributed by atoms with E-state index < -0.39 is 0 Å². The van der Waals surface area contributed by atoms with E-state index in [9.17, 15) is 14.0 Å². The molecule has 29 heavy (non-hydrogen) atoms. The van der Waals surface area contributed by atoms with Crippen molar-refractivity contribution in [3.05, 3.63) is 83.2 Å². The number of nitrogens with one attached hydrogen (secondary N) is 1. The number of carbonyl (C=O) groups excluding carboxylic acids is 2. The number of carbonyl (C=O) groups is 2. The average molecular weight is 387 g/mol. The van der Waals surface area contributed by atoms with Gasteiger partial charge in [0.2, 0.25) is 0 Å². The summed E-state index contributed by atoms with van der Waals surface area (Å²) < 4.78 is 19.3. The van der Waals surface area contributed by atoms with Crippen LogP contribution in [0.1, 0.15) is 26.3 Å². The van der Waals surface area contributed by atoms with Crippen molar-refractivity contribution < 1.29 is 18.4 Å². The van der Waals surface area contributed by atoms with Crippen LogP contribution >= 0.6 is 0 Å². The van der Waals surface area contributed by atoms with Crippen molar-refractivity contribution in [3.8, 4) is 22.5 Å². The molecule has 0 aliphatic heterocycles. The van der Waals surface area contributed by atoms with E-state index in [1.165, 1.54) is 12.1 Å². The Morgan fingerprint density at radius 3 is 2.41 bits per heavy atom. The number of hydrogen-bond donors (Lipinski definition) is 1. The van der Waals surface area contributed by atoms with Crippen LogP contribution in [-0.2, 0) is 0 Å². The molecule has 0 bridgehead atoms. The van der Waals surface area contributed by atoms with Crippen molar-refractivity contribution >= 4 is 23.2 Å². The molecule has 5 heteroatoms. The summed E-state index contributed by atoms with van der Waals surface area (Å²) in [5.74, 6) is -0.271. The van der Waals surface area contributed by atoms with Gasteiger partial charge in [0.15, 0.2) is 0 Å². The third-order valence-electron chi connectivity index (χ3n) is 4.96. The number of fused-ring (bicyclic) bond motifs is 1. The van der Waals surface area contributed by atoms with Crippen LogP contribution in [0.25, 0.3) is 33.4 Å². The van der Waals surface area contributed by atoms with Crippen LogP contribution in [-0.4, -0.2) is 19.2 Å². The van der Waals surface area contributed by atoms with Crippen LogP contribution in [0.3, 0.4) is 0 Å². The molecular weight excluding hydrogens is 369 g/mol. The van der Waals surface area contributed by atoms with Gasteiger partial charge in [-0.1, -0.05) is 18.2 Å². The van der Waals surface area contributed by atoms with E-state index in [-0.39, 0.29) is 11.7 Å². The number of halogens is 1. The Morgan fingerprint density at radius 2 is 1.72 bits per heavy atom. The fraction of sp³-hybridized carbons (Fsp3) is 0.0833. The minimum absolute atomic E-state index is 0.293. The normalized spacial score (nSPS) is 10.9. The maximum Gasteiger partial charge on any atom is 0.255 e. The summed E-state index contributed by atoms with van der Waals surface area (Å²) in [5, 5.41) is 3.30. The first-order valence-electron chi connectivity index (χ1n) is 9.12. The highest BCUT2D eigenvalue weighted by molar-refractivity contribution is 6.11. The van der Waals surface area contributed by atoms with Gasteiger partial charge in [0.05, 0.1) is 5.56 Å². The second-order valence-electron chi connectivity index (χ2n) is 6.80. The third kappa shape index (κ3) is 3.31. The van der Waals surface area contributed by atoms with Crippen molar-refractivity contribution in [1.29, 1.82) is 0 Å². The van der Waals surface area contributed by atoms with Gasteiger partial charge in [-0.05, 0) is 66.1 Å². The molecule has 0 radical (unpaired) electrons. The SMILES string of the molecule is CNC(=O)c1c(-c2ccc(F)cc2)oc2ccc(-c3cc(C=O)ccc3C)cc12. The average Bonchev–Trinajstić information content (AvgIpc) is 3.12. The highest BCUT2D eigenvalue weighted by Gasteiger charge is 2.22. The number of benzene rings is 3. The molecule has 4 rings (SSSR count). The second-order valence-corrected chi connectivity index (χ2v) is 6.80. The topological polar surface area (TPSA) is 59.3 Å². The summed E-state index contributed by atoms with van der Waals surface area (Å²) in [5.41, 5.74) is 4.92. The highest BCUT2D eigenvalue weighted by Crippen LogP contribution is 2.36. The molecule has 4 aromatic rings. The summed E-state index contributed by atoms with van der Waals surface area (Å²) in [6, 6.07) is 16.9. The minimum atomic E-state index is -0.362. The van der Waals surface area contributed by atoms with Crippen molar-refractivity contribution in [3.63, 3.8) is 0 Å². The Balaban J connectivity index is 1.96. The van der Waals surface area contributed by atoms with Crippen molar-refractivity contribution in [2.45, 2.75) is 6.92 Å². The molecule has 0 spiro atoms. The predicted molar refractivity (Wildman–Crippen MR) is 111 cm³/mol. The van der Waals surface area contributed by atoms with Crippen molar-refractivity contribution in [2.75, 3.05) is 7.05 Å². The number of amides is 1. The summed E-state index contributed by atoms with van der Waals surface area (Å²) in [7, 11) is 1.55. The van der Waals surface area contributed by atoms with E-state index >= 15 is 0 Å². The maximum absolute atomic E-state index is 13.3. The number of aryl methyl sites for hydroxylation is 1. The zero-order valence-electron chi connectivity index (χ0n) is 16.0. The lowest BCUT2D eigenvalue weighted by Crippen LogP contribution is -2.18. The van der Waals surface area contributed by atoms with Gasteiger partial charge >= 0.3 is 0 Å². The van der Waals surface area contributed by atoms with Crippen LogP contribution in [0.2, 0.25) is 0 Å². The fourth-order valence-electron chi connectivity index (χ4n) is 3.44. The van der Waals surface area contributed by atoms with Crippen LogP contribution in [0.5, 0.6) is 0 Å². The number of furan rings is 1. The Hall–Kier alpha value is -3.73. The van der Waals surface area contributed by atoms with Gasteiger partial charge in [-0.25, -0.2) is 4.39 Å². The zero-order valence-corrected chi connectivity index (χ0v) is 16.0. The minimum Gasteiger partial charge on any atom is -0.455 e. The monoisotopic (exact) mass is 387 g/mol. The highest BCUT2D eigenvalue weighted by atomic mass is 19.1. The molecule has 0 aliphatic rings. The molecule has 0 saturated heterocycles. The van der Waals surface area contributed by atoms with Gasteiger partial charge in [0.25, 0.3) is 5.91 Å². The quantitative estimate of drug-likeness (QED) is 0.478. The first kappa shape index (κ1) is 18.6. The third-order valence-corrected chi connectivity index (χ3v) is 4.96. The van der Waals surface area contributed by atoms with E-state index in [2.05, 4.69) is 5.32 Å². The summed E-state index contributed by atoms with van der Waals surface area (Å²) >= 11 is 0. The lowest BCUT2D eigenvalue weighted by atomic mass is 9.96. The van der Waals surface area contributed by atoms with E-state index in [1.807, 2.05) is 31.2 Å². The summed E-state index contributed by atoms with van der Waals surface area (Å²) in [4.78, 5) is 23.9. The molecule has 1 heterocycles. The van der Waals surface area contributed by atoms with Gasteiger partial charge in [-0.3, -0.25) is 9.59 Å². The largest absolute Gasteiger partial charge is 0.455 e. The summed E-state index contributed by atoms with van der Waals surface area (Å²) in [6.07, 6.45) is 0.807. The molecule has 0 unspecified atom stereocenters. The van der Waals surface area contributed by atoms with E-state index in [4.69, 9.17) is 4.42 Å². The van der Waals surface area contributed by atoms with Gasteiger partial charge < -0.3 is 9.73 Å². The number of aldehydes is 1. The van der Waals surface area contributed by atoms with Crippen molar-refractivity contribution in [2.24, 2.45) is 0 Å². The molecule has 1 amide bonds. The van der Waals surface area contributed by atoms with E-state index in [0.29, 0.717) is 33.4 Å². The number of hydrogen-bond acceptors (Lipinski definition) is 3. The van der Waals surface area contributed by atoms with Crippen molar-refractivity contribution in [1.82, 2.24) is 5.32 Å². The molecule has 3 aromatic carbocycles. The van der Waals surface area contributed by atoms with Crippen LogP contribution in [0.4, 0.5) is 4.39 Å². The molecule has 0 fully saturated rings. The first-order valence-corrected chi connectivity index (χ1v) is 9.12. The van der Waals surface area contributed by atoms with Crippen LogP contribution in [0.15, 0.2) is 65.1 Å². The summed E-state index contributed by atoms with van der Waals surface area (Å²) in [6.45, 7) is 1.97. The maximum atomic E-state index is 13.3. The molecule has 1 N–H and O–H groups in total. The van der Waals surface area contributed by atoms with Gasteiger partial charge in [0.1, 0.15) is 23.4 Å². The van der Waals surface area contributed by atoms with E-state index in [1.54, 1.807) is 31.3 Å². The molecular formula is C24H18FNO3. The van der Waals surface area contributed by atoms with Gasteiger partial charge in [0, 0.05) is 23.6 Å². The Kier molecular flexibility index (Phi) is 4.72. The van der Waals surface area contributed by atoms with Crippen LogP contribution in [0, 0.1) is 12.7 Å². The molecule has 0 aliphatic carbocycles. The lowest BCUT2D eigenvalue weighted by Gasteiger charge is -2.07. The predicted octanol–water partition coefficient (Wildman–Crippen LogP) is 5.39. The standard InChI is InChI=1S/C24H18FNO3/c1-14-3-4-15(13-27)11-19(14)17-7-10-21-20(12-17)22(24(28)26-2)23(29-21)16-5-8-18(25)9-6-16/h3-13H,1-2H3,(H,26,28). The molecule has 1 aromatic heterocycles. The van der Waals surface area contributed by atoms with Gasteiger partial charge in [-0.2, -0.15) is 0 Å². The molecule has 0 saturated carbocycles. The Bertz CT molecular complexity index is 1240. The zero-order chi connectivity index (χ0) is 20.5. The molecule has 0 atom stereocenters. The first-order chi connectivity index (χ1) is 14.0. The second kappa shape index (κ2) is 7.36. The van der Waals surface area contributed by atoms with E-state index in [0.717, 1.165) is 23.0 Å². The molecule has 4 nitrogen and oxygen atoms in total. The molecule has 144 valence electrons. The Labute approximate surface area is 167 Å². The smallest absolute Gasteiger partial charge is 0.255 e. The lowest BCUT2D eigenvalue weighted by molar-refractivity contribution is 0.0964. The van der Waals surface area contributed by atoms with Gasteiger partial charge in [-0.15, -0.1) is 0 Å². The number of rotatable bonds is 4. The fourth-order valence-corrected chi connectivity index (χ4v) is 3.44.